The Morgan fingerprint density at radius 2 is 2.28 bits per heavy atom. The maximum Gasteiger partial charge on any atom is 0.230 e. The minimum atomic E-state index is -0.368. The zero-order valence-electron chi connectivity index (χ0n) is 10.7. The third kappa shape index (κ3) is 2.68. The summed E-state index contributed by atoms with van der Waals surface area (Å²) in [5.74, 6) is 0.0781. The Balaban J connectivity index is 2.10. The van der Waals surface area contributed by atoms with E-state index in [4.69, 9.17) is 16.3 Å². The Bertz CT molecular complexity index is 443. The fraction of sp³-hybridized carbons (Fsp3) is 0.500. The van der Waals surface area contributed by atoms with Gasteiger partial charge in [0.15, 0.2) is 0 Å². The topological polar surface area (TPSA) is 38.3 Å². The van der Waals surface area contributed by atoms with E-state index < -0.39 is 0 Å². The Hall–Kier alpha value is -1.06. The van der Waals surface area contributed by atoms with Gasteiger partial charge in [-0.05, 0) is 37.5 Å². The van der Waals surface area contributed by atoms with E-state index >= 15 is 0 Å². The summed E-state index contributed by atoms with van der Waals surface area (Å²) in [6.07, 6.45) is 1.78. The molecule has 0 saturated heterocycles. The van der Waals surface area contributed by atoms with Crippen LogP contribution in [-0.4, -0.2) is 25.7 Å². The van der Waals surface area contributed by atoms with E-state index in [9.17, 15) is 4.79 Å². The van der Waals surface area contributed by atoms with E-state index in [1.807, 2.05) is 31.2 Å². The van der Waals surface area contributed by atoms with Crippen molar-refractivity contribution in [2.24, 2.45) is 0 Å². The van der Waals surface area contributed by atoms with Gasteiger partial charge in [0.2, 0.25) is 5.91 Å². The molecule has 3 nitrogen and oxygen atoms in total. The molecule has 0 spiro atoms. The average Bonchev–Trinajstić information content (AvgIpc) is 3.10. The summed E-state index contributed by atoms with van der Waals surface area (Å²) < 4.78 is 5.03. The number of ether oxygens (including phenoxy) is 1. The molecule has 1 N–H and O–H groups in total. The molecule has 98 valence electrons. The first-order valence-electron chi connectivity index (χ1n) is 6.14. The molecular weight excluding hydrogens is 250 g/mol. The normalized spacial score (nSPS) is 18.2. The van der Waals surface area contributed by atoms with Crippen LogP contribution in [0.5, 0.6) is 0 Å². The summed E-state index contributed by atoms with van der Waals surface area (Å²) in [5, 5.41) is 3.67. The van der Waals surface area contributed by atoms with E-state index in [1.54, 1.807) is 7.11 Å². The number of hydrogen-bond donors (Lipinski definition) is 1. The van der Waals surface area contributed by atoms with Gasteiger partial charge in [0.1, 0.15) is 0 Å². The number of carbonyl (C=O) groups is 1. The summed E-state index contributed by atoms with van der Waals surface area (Å²) in [4.78, 5) is 12.3. The quantitative estimate of drug-likeness (QED) is 0.890. The molecule has 2 rings (SSSR count). The van der Waals surface area contributed by atoms with Gasteiger partial charge in [0.25, 0.3) is 0 Å². The monoisotopic (exact) mass is 267 g/mol. The summed E-state index contributed by atoms with van der Waals surface area (Å²) in [7, 11) is 1.63. The predicted molar refractivity (Wildman–Crippen MR) is 71.8 cm³/mol. The predicted octanol–water partition coefficient (Wildman–Crippen LogP) is 2.52. The van der Waals surface area contributed by atoms with E-state index in [-0.39, 0.29) is 17.4 Å². The molecule has 1 aliphatic carbocycles. The first-order chi connectivity index (χ1) is 8.58. The second kappa shape index (κ2) is 5.29. The van der Waals surface area contributed by atoms with E-state index in [0.29, 0.717) is 11.6 Å². The molecule has 1 aromatic carbocycles. The van der Waals surface area contributed by atoms with Crippen LogP contribution >= 0.6 is 11.6 Å². The lowest BCUT2D eigenvalue weighted by molar-refractivity contribution is -0.124. The van der Waals surface area contributed by atoms with Gasteiger partial charge in [-0.25, -0.2) is 0 Å². The van der Waals surface area contributed by atoms with Crippen LogP contribution in [-0.2, 0) is 14.9 Å². The van der Waals surface area contributed by atoms with Gasteiger partial charge in [0, 0.05) is 18.2 Å². The van der Waals surface area contributed by atoms with Gasteiger partial charge in [-0.3, -0.25) is 4.79 Å². The molecule has 4 heteroatoms. The van der Waals surface area contributed by atoms with Crippen molar-refractivity contribution in [3.05, 3.63) is 34.9 Å². The molecule has 0 radical (unpaired) electrons. The minimum absolute atomic E-state index is 0.0270. The van der Waals surface area contributed by atoms with Crippen molar-refractivity contribution in [1.82, 2.24) is 5.32 Å². The van der Waals surface area contributed by atoms with Gasteiger partial charge in [-0.2, -0.15) is 0 Å². The summed E-state index contributed by atoms with van der Waals surface area (Å²) >= 11 is 5.99. The largest absolute Gasteiger partial charge is 0.383 e. The van der Waals surface area contributed by atoms with Crippen LogP contribution in [0.3, 0.4) is 0 Å². The van der Waals surface area contributed by atoms with Gasteiger partial charge >= 0.3 is 0 Å². The number of halogens is 1. The Labute approximate surface area is 112 Å². The van der Waals surface area contributed by atoms with Crippen molar-refractivity contribution in [3.8, 4) is 0 Å². The fourth-order valence-electron chi connectivity index (χ4n) is 2.21. The molecule has 0 bridgehead atoms. The highest BCUT2D eigenvalue weighted by Gasteiger charge is 2.51. The second-order valence-corrected chi connectivity index (χ2v) is 5.36. The van der Waals surface area contributed by atoms with Gasteiger partial charge < -0.3 is 10.1 Å². The lowest BCUT2D eigenvalue weighted by Crippen LogP contribution is -2.42. The zero-order chi connectivity index (χ0) is 13.2. The number of hydrogen-bond acceptors (Lipinski definition) is 2. The molecular formula is C14H18ClNO2. The molecule has 1 saturated carbocycles. The molecule has 0 aromatic heterocycles. The number of rotatable bonds is 5. The van der Waals surface area contributed by atoms with Gasteiger partial charge in [-0.1, -0.05) is 23.7 Å². The maximum atomic E-state index is 12.3. The first-order valence-corrected chi connectivity index (χ1v) is 6.52. The Morgan fingerprint density at radius 1 is 1.56 bits per heavy atom. The summed E-state index contributed by atoms with van der Waals surface area (Å²) in [5.41, 5.74) is 0.643. The minimum Gasteiger partial charge on any atom is -0.383 e. The second-order valence-electron chi connectivity index (χ2n) is 4.92. The lowest BCUT2D eigenvalue weighted by Gasteiger charge is -2.19. The average molecular weight is 268 g/mol. The van der Waals surface area contributed by atoms with Crippen molar-refractivity contribution in [2.45, 2.75) is 31.2 Å². The fourth-order valence-corrected chi connectivity index (χ4v) is 2.40. The highest BCUT2D eigenvalue weighted by Crippen LogP contribution is 2.48. The van der Waals surface area contributed by atoms with Crippen LogP contribution in [0.2, 0.25) is 5.02 Å². The zero-order valence-corrected chi connectivity index (χ0v) is 11.5. The van der Waals surface area contributed by atoms with Crippen molar-refractivity contribution >= 4 is 17.5 Å². The molecule has 1 aliphatic rings. The highest BCUT2D eigenvalue weighted by molar-refractivity contribution is 6.30. The van der Waals surface area contributed by atoms with Crippen LogP contribution < -0.4 is 5.32 Å². The van der Waals surface area contributed by atoms with Crippen LogP contribution in [0, 0.1) is 0 Å². The molecule has 0 unspecified atom stereocenters. The molecule has 0 heterocycles. The maximum absolute atomic E-state index is 12.3. The highest BCUT2D eigenvalue weighted by atomic mass is 35.5. The Morgan fingerprint density at radius 3 is 2.83 bits per heavy atom. The third-order valence-electron chi connectivity index (χ3n) is 3.36. The number of nitrogens with one attached hydrogen (secondary N) is 1. The molecule has 0 aliphatic heterocycles. The van der Waals surface area contributed by atoms with Crippen LogP contribution in [0.4, 0.5) is 0 Å². The molecule has 1 atom stereocenters. The number of methoxy groups -OCH3 is 1. The van der Waals surface area contributed by atoms with Crippen LogP contribution in [0.1, 0.15) is 25.3 Å². The molecule has 18 heavy (non-hydrogen) atoms. The molecule has 1 amide bonds. The SMILES string of the molecule is COC[C@H](C)NC(=O)C1(c2cccc(Cl)c2)CC1. The van der Waals surface area contributed by atoms with E-state index in [1.165, 1.54) is 0 Å². The van der Waals surface area contributed by atoms with Crippen molar-refractivity contribution < 1.29 is 9.53 Å². The summed E-state index contributed by atoms with van der Waals surface area (Å²) in [6.45, 7) is 2.47. The molecule has 1 fully saturated rings. The van der Waals surface area contributed by atoms with E-state index in [2.05, 4.69) is 5.32 Å². The van der Waals surface area contributed by atoms with Crippen molar-refractivity contribution in [1.29, 1.82) is 0 Å². The van der Waals surface area contributed by atoms with Crippen LogP contribution in [0.25, 0.3) is 0 Å². The Kier molecular flexibility index (Phi) is 3.93. The number of amides is 1. The number of benzene rings is 1. The van der Waals surface area contributed by atoms with Gasteiger partial charge in [0.05, 0.1) is 12.0 Å². The van der Waals surface area contributed by atoms with Crippen molar-refractivity contribution in [3.63, 3.8) is 0 Å². The lowest BCUT2D eigenvalue weighted by atomic mass is 9.95. The summed E-state index contributed by atoms with van der Waals surface area (Å²) in [6, 6.07) is 7.60. The first kappa shape index (κ1) is 13.4. The third-order valence-corrected chi connectivity index (χ3v) is 3.59. The van der Waals surface area contributed by atoms with Crippen molar-refractivity contribution in [2.75, 3.05) is 13.7 Å². The standard InChI is InChI=1S/C14H18ClNO2/c1-10(9-18-2)16-13(17)14(6-7-14)11-4-3-5-12(15)8-11/h3-5,8,10H,6-7,9H2,1-2H3,(H,16,17)/t10-/m0/s1. The van der Waals surface area contributed by atoms with Crippen LogP contribution in [0.15, 0.2) is 24.3 Å². The van der Waals surface area contributed by atoms with Gasteiger partial charge in [-0.15, -0.1) is 0 Å². The van der Waals surface area contributed by atoms with E-state index in [0.717, 1.165) is 18.4 Å². The number of carbonyl (C=O) groups excluding carboxylic acids is 1. The molecule has 1 aromatic rings. The smallest absolute Gasteiger partial charge is 0.230 e.